The maximum atomic E-state index is 4.98. The summed E-state index contributed by atoms with van der Waals surface area (Å²) >= 11 is 0. The van der Waals surface area contributed by atoms with E-state index in [0.29, 0.717) is 17.5 Å². The van der Waals surface area contributed by atoms with Crippen LogP contribution in [0.1, 0.15) is 38.8 Å². The van der Waals surface area contributed by atoms with Gasteiger partial charge < -0.3 is 4.57 Å². The number of hydrogen-bond acceptors (Lipinski definition) is 3. The third kappa shape index (κ3) is 4.79. The van der Waals surface area contributed by atoms with Gasteiger partial charge in [-0.05, 0) is 98.5 Å². The van der Waals surface area contributed by atoms with Crippen LogP contribution in [0.25, 0.3) is 83.6 Å². The zero-order valence-corrected chi connectivity index (χ0v) is 30.3. The van der Waals surface area contributed by atoms with Crippen LogP contribution < -0.4 is 0 Å². The van der Waals surface area contributed by atoms with Crippen molar-refractivity contribution in [3.05, 3.63) is 169 Å². The number of nitrogens with zero attached hydrogens (tertiary/aromatic N) is 4. The fourth-order valence-electron chi connectivity index (χ4n) is 8.38. The van der Waals surface area contributed by atoms with Crippen molar-refractivity contribution >= 4 is 32.6 Å². The van der Waals surface area contributed by atoms with Gasteiger partial charge in [-0.25, -0.2) is 15.0 Å². The van der Waals surface area contributed by atoms with E-state index in [0.717, 1.165) is 22.4 Å². The van der Waals surface area contributed by atoms with Crippen molar-refractivity contribution in [2.24, 2.45) is 0 Å². The smallest absolute Gasteiger partial charge is 0.164 e. The fourth-order valence-corrected chi connectivity index (χ4v) is 8.38. The summed E-state index contributed by atoms with van der Waals surface area (Å²) in [6, 6.07) is 56.3. The Morgan fingerprint density at radius 1 is 0.396 bits per heavy atom. The van der Waals surface area contributed by atoms with Crippen molar-refractivity contribution < 1.29 is 0 Å². The molecule has 7 aromatic carbocycles. The Kier molecular flexibility index (Phi) is 6.84. The Bertz CT molecular complexity index is 2810. The Morgan fingerprint density at radius 3 is 1.47 bits per heavy atom. The fraction of sp³-hybridized carbons (Fsp3) is 0.122. The van der Waals surface area contributed by atoms with Gasteiger partial charge in [-0.3, -0.25) is 0 Å². The van der Waals surface area contributed by atoms with Crippen LogP contribution in [-0.4, -0.2) is 19.5 Å². The molecule has 2 heterocycles. The summed E-state index contributed by atoms with van der Waals surface area (Å²) in [7, 11) is 0. The first kappa shape index (κ1) is 31.4. The molecule has 0 N–H and O–H groups in total. The molecule has 0 atom stereocenters. The van der Waals surface area contributed by atoms with E-state index >= 15 is 0 Å². The monoisotopic (exact) mass is 682 g/mol. The highest BCUT2D eigenvalue weighted by Crippen LogP contribution is 2.56. The normalized spacial score (nSPS) is 14.3. The lowest BCUT2D eigenvalue weighted by Crippen LogP contribution is -2.43. The second-order valence-electron chi connectivity index (χ2n) is 15.3. The minimum absolute atomic E-state index is 0.0900. The minimum atomic E-state index is -0.122. The second kappa shape index (κ2) is 11.6. The highest BCUT2D eigenvalue weighted by molar-refractivity contribution is 6.11. The van der Waals surface area contributed by atoms with Crippen molar-refractivity contribution in [1.29, 1.82) is 0 Å². The lowest BCUT2D eigenvalue weighted by molar-refractivity contribution is 0.299. The molecule has 53 heavy (non-hydrogen) atoms. The molecule has 0 radical (unpaired) electrons. The number of benzene rings is 7. The number of para-hydroxylation sites is 1. The van der Waals surface area contributed by atoms with Crippen molar-refractivity contribution in [3.8, 4) is 51.0 Å². The van der Waals surface area contributed by atoms with Crippen molar-refractivity contribution in [3.63, 3.8) is 0 Å². The van der Waals surface area contributed by atoms with E-state index in [9.17, 15) is 0 Å². The quantitative estimate of drug-likeness (QED) is 0.186. The predicted octanol–water partition coefficient (Wildman–Crippen LogP) is 12.4. The number of hydrogen-bond donors (Lipinski definition) is 0. The van der Waals surface area contributed by atoms with Gasteiger partial charge in [0.2, 0.25) is 0 Å². The third-order valence-electron chi connectivity index (χ3n) is 12.0. The highest BCUT2D eigenvalue weighted by Gasteiger charge is 2.46. The molecular weight excluding hydrogens is 645 g/mol. The van der Waals surface area contributed by atoms with Crippen LogP contribution in [-0.2, 0) is 10.8 Å². The van der Waals surface area contributed by atoms with E-state index in [1.54, 1.807) is 0 Å². The zero-order valence-electron chi connectivity index (χ0n) is 30.3. The van der Waals surface area contributed by atoms with Crippen LogP contribution in [0, 0.1) is 0 Å². The van der Waals surface area contributed by atoms with Gasteiger partial charge in [0.05, 0.1) is 11.0 Å². The molecule has 0 fully saturated rings. The van der Waals surface area contributed by atoms with Gasteiger partial charge in [0.25, 0.3) is 0 Å². The Labute approximate surface area is 309 Å². The first-order chi connectivity index (χ1) is 25.8. The highest BCUT2D eigenvalue weighted by atomic mass is 15.0. The van der Waals surface area contributed by atoms with E-state index < -0.39 is 0 Å². The van der Waals surface area contributed by atoms with Gasteiger partial charge in [0, 0.05) is 33.2 Å². The molecule has 0 aliphatic heterocycles. The maximum Gasteiger partial charge on any atom is 0.164 e. The van der Waals surface area contributed by atoms with Gasteiger partial charge in [-0.1, -0.05) is 131 Å². The Morgan fingerprint density at radius 2 is 0.868 bits per heavy atom. The number of rotatable bonds is 4. The van der Waals surface area contributed by atoms with Gasteiger partial charge in [-0.15, -0.1) is 0 Å². The summed E-state index contributed by atoms with van der Waals surface area (Å²) < 4.78 is 2.42. The van der Waals surface area contributed by atoms with Crippen LogP contribution in [0.3, 0.4) is 0 Å². The molecule has 4 nitrogen and oxygen atoms in total. The maximum absolute atomic E-state index is 4.98. The van der Waals surface area contributed by atoms with Crippen LogP contribution in [0.5, 0.6) is 0 Å². The van der Waals surface area contributed by atoms with Crippen molar-refractivity contribution in [2.45, 2.75) is 38.5 Å². The average Bonchev–Trinajstić information content (AvgIpc) is 3.53. The molecule has 1 aliphatic carbocycles. The summed E-state index contributed by atoms with van der Waals surface area (Å²) in [6.45, 7) is 9.66. The molecule has 1 aliphatic rings. The summed E-state index contributed by atoms with van der Waals surface area (Å²) in [5.41, 5.74) is 11.6. The van der Waals surface area contributed by atoms with Crippen molar-refractivity contribution in [1.82, 2.24) is 19.5 Å². The minimum Gasteiger partial charge on any atom is -0.309 e. The molecule has 0 saturated heterocycles. The second-order valence-corrected chi connectivity index (χ2v) is 15.3. The summed E-state index contributed by atoms with van der Waals surface area (Å²) in [5.74, 6) is 1.97. The van der Waals surface area contributed by atoms with E-state index in [2.05, 4.69) is 129 Å². The molecule has 0 bridgehead atoms. The third-order valence-corrected chi connectivity index (χ3v) is 12.0. The summed E-state index contributed by atoms with van der Waals surface area (Å²) in [6.07, 6.45) is 0. The first-order valence-corrected chi connectivity index (χ1v) is 18.4. The van der Waals surface area contributed by atoms with Crippen LogP contribution in [0.4, 0.5) is 0 Å². The van der Waals surface area contributed by atoms with E-state index in [-0.39, 0.29) is 10.8 Å². The Balaban J connectivity index is 1.15. The summed E-state index contributed by atoms with van der Waals surface area (Å²) in [4.78, 5) is 14.8. The lowest BCUT2D eigenvalue weighted by Gasteiger charge is -2.48. The average molecular weight is 683 g/mol. The molecule has 0 saturated carbocycles. The molecule has 0 unspecified atom stereocenters. The van der Waals surface area contributed by atoms with Crippen LogP contribution >= 0.6 is 0 Å². The molecule has 9 aromatic rings. The molecule has 10 rings (SSSR count). The van der Waals surface area contributed by atoms with Gasteiger partial charge in [-0.2, -0.15) is 0 Å². The molecule has 254 valence electrons. The molecular formula is C49H38N4. The Hall–Kier alpha value is -6.39. The van der Waals surface area contributed by atoms with Gasteiger partial charge in [0.1, 0.15) is 0 Å². The van der Waals surface area contributed by atoms with E-state index in [4.69, 9.17) is 15.0 Å². The summed E-state index contributed by atoms with van der Waals surface area (Å²) in [5, 5.41) is 5.08. The molecule has 4 heteroatoms. The SMILES string of the molecule is CC1(C)c2cc3ccccc3cc2-c2cc3c4ccccc4n(-c4ccc(-c5nc(-c6ccccc6)nc(-c6ccccc6)n5)cc4)c3cc2C1(C)C. The number of fused-ring (bicyclic) bond motifs is 7. The van der Waals surface area contributed by atoms with E-state index in [1.807, 2.05) is 60.7 Å². The molecule has 0 spiro atoms. The van der Waals surface area contributed by atoms with E-state index in [1.165, 1.54) is 54.8 Å². The molecule has 0 amide bonds. The van der Waals surface area contributed by atoms with Gasteiger partial charge in [0.15, 0.2) is 17.5 Å². The number of aromatic nitrogens is 4. The zero-order chi connectivity index (χ0) is 35.9. The molecule has 2 aromatic heterocycles. The van der Waals surface area contributed by atoms with Gasteiger partial charge >= 0.3 is 0 Å². The van der Waals surface area contributed by atoms with Crippen molar-refractivity contribution in [2.75, 3.05) is 0 Å². The lowest BCUT2D eigenvalue weighted by atomic mass is 9.55. The van der Waals surface area contributed by atoms with Crippen LogP contribution in [0.15, 0.2) is 158 Å². The first-order valence-electron chi connectivity index (χ1n) is 18.4. The largest absolute Gasteiger partial charge is 0.309 e. The standard InChI is InChI=1S/C49H38N4/c1-48(2)41-28-35-20-12-11-19-34(35)27-38(41)39-29-40-37-21-13-14-22-43(37)53(44(40)30-42(39)49(48,3)4)36-25-23-33(24-26-36)47-51-45(31-15-7-5-8-16-31)50-46(52-47)32-17-9-6-10-18-32/h5-30H,1-4H3. The predicted molar refractivity (Wildman–Crippen MR) is 219 cm³/mol. The topological polar surface area (TPSA) is 43.6 Å². The van der Waals surface area contributed by atoms with Crippen LogP contribution in [0.2, 0.25) is 0 Å².